The van der Waals surface area contributed by atoms with Crippen LogP contribution in [0.1, 0.15) is 94.6 Å². The largest absolute Gasteiger partial charge is 0.457 e. The van der Waals surface area contributed by atoms with Gasteiger partial charge in [-0.2, -0.15) is 0 Å². The lowest BCUT2D eigenvalue weighted by Crippen LogP contribution is -2.80. The number of hydrogen-bond acceptors (Lipinski definition) is 11. The Morgan fingerprint density at radius 3 is 1.51 bits per heavy atom. The van der Waals surface area contributed by atoms with E-state index in [-0.39, 0.29) is 19.4 Å². The second kappa shape index (κ2) is 17.3. The summed E-state index contributed by atoms with van der Waals surface area (Å²) in [6.07, 6.45) is -3.40. The van der Waals surface area contributed by atoms with Crippen molar-refractivity contribution in [2.75, 3.05) is 21.1 Å². The molecule has 51 heavy (non-hydrogen) atoms. The first-order chi connectivity index (χ1) is 23.2. The van der Waals surface area contributed by atoms with E-state index in [2.05, 4.69) is 0 Å². The van der Waals surface area contributed by atoms with Crippen LogP contribution in [0.2, 0.25) is 0 Å². The van der Waals surface area contributed by atoms with Crippen molar-refractivity contribution in [2.24, 2.45) is 11.8 Å². The number of aliphatic hydroxyl groups excluding tert-OH is 2. The third-order valence-electron chi connectivity index (χ3n) is 10.1. The summed E-state index contributed by atoms with van der Waals surface area (Å²) in [6.45, 7) is 15.7. The Kier molecular flexibility index (Phi) is 15.5. The molecule has 1 rings (SSSR count). The molecule has 0 aliphatic rings. The molecule has 288 valence electrons. The lowest BCUT2D eigenvalue weighted by molar-refractivity contribution is -0.188. The number of esters is 1. The van der Waals surface area contributed by atoms with Crippen LogP contribution in [-0.2, 0) is 40.0 Å². The number of amides is 2. The molecule has 0 bridgehead atoms. The predicted molar refractivity (Wildman–Crippen MR) is 192 cm³/mol. The maximum Gasteiger partial charge on any atom is 0.346 e. The molecule has 0 heterocycles. The van der Waals surface area contributed by atoms with Gasteiger partial charge in [0.1, 0.15) is 17.8 Å². The topological polar surface area (TPSA) is 182 Å². The Balaban J connectivity index is 4.54. The van der Waals surface area contributed by atoms with Crippen LogP contribution in [0.15, 0.2) is 30.3 Å². The Hall–Kier alpha value is -3.52. The average Bonchev–Trinajstić information content (AvgIpc) is 3.06. The molecule has 0 radical (unpaired) electrons. The molecule has 8 atom stereocenters. The molecule has 1 aromatic rings. The number of Topliss-reactive ketones (excluding diaryl/α,β-unsaturated/α-hetero) is 3. The second-order valence-corrected chi connectivity index (χ2v) is 15.0. The number of nitrogens with zero attached hydrogens (tertiary/aromatic N) is 3. The van der Waals surface area contributed by atoms with Crippen LogP contribution in [0, 0.1) is 11.8 Å². The van der Waals surface area contributed by atoms with Gasteiger partial charge in [0.05, 0.1) is 6.04 Å². The highest BCUT2D eigenvalue weighted by Gasteiger charge is 2.70. The molecular formula is C38H61N3O10. The zero-order valence-electron chi connectivity index (χ0n) is 32.9. The van der Waals surface area contributed by atoms with E-state index in [4.69, 9.17) is 4.74 Å². The summed E-state index contributed by atoms with van der Waals surface area (Å²) < 4.78 is 5.40. The molecule has 0 aliphatic heterocycles. The molecule has 3 N–H and O–H groups in total. The average molecular weight is 720 g/mol. The highest BCUT2D eigenvalue weighted by atomic mass is 16.6. The molecular weight excluding hydrogens is 658 g/mol. The van der Waals surface area contributed by atoms with Crippen LogP contribution in [0.4, 0.5) is 0 Å². The first-order valence-corrected chi connectivity index (χ1v) is 17.5. The lowest BCUT2D eigenvalue weighted by atomic mass is 9.60. The summed E-state index contributed by atoms with van der Waals surface area (Å²) in [5.74, 6) is -9.42. The molecule has 0 aromatic heterocycles. The number of benzene rings is 1. The maximum absolute atomic E-state index is 16.1. The second-order valence-electron chi connectivity index (χ2n) is 15.0. The normalized spacial score (nSPS) is 18.5. The van der Waals surface area contributed by atoms with E-state index in [1.165, 1.54) is 41.7 Å². The van der Waals surface area contributed by atoms with Crippen LogP contribution in [0.25, 0.3) is 0 Å². The molecule has 0 saturated heterocycles. The molecule has 2 amide bonds. The molecule has 0 saturated carbocycles. The number of rotatable bonds is 18. The van der Waals surface area contributed by atoms with E-state index in [0.717, 1.165) is 31.4 Å². The van der Waals surface area contributed by atoms with Gasteiger partial charge in [0, 0.05) is 20.6 Å². The van der Waals surface area contributed by atoms with Gasteiger partial charge in [-0.15, -0.1) is 0 Å². The van der Waals surface area contributed by atoms with Gasteiger partial charge in [0.25, 0.3) is 11.8 Å². The predicted octanol–water partition coefficient (Wildman–Crippen LogP) is 2.56. The van der Waals surface area contributed by atoms with E-state index < -0.39 is 87.5 Å². The van der Waals surface area contributed by atoms with Gasteiger partial charge in [0.2, 0.25) is 11.4 Å². The minimum Gasteiger partial charge on any atom is -0.457 e. The van der Waals surface area contributed by atoms with E-state index in [1.54, 1.807) is 39.6 Å². The van der Waals surface area contributed by atoms with Crippen molar-refractivity contribution in [1.82, 2.24) is 14.7 Å². The van der Waals surface area contributed by atoms with Crippen molar-refractivity contribution < 1.29 is 48.8 Å². The quantitative estimate of drug-likeness (QED) is 0.150. The van der Waals surface area contributed by atoms with Gasteiger partial charge in [-0.25, -0.2) is 4.79 Å². The van der Waals surface area contributed by atoms with Gasteiger partial charge < -0.3 is 29.9 Å². The number of hydrogen-bond donors (Lipinski definition) is 3. The van der Waals surface area contributed by atoms with Gasteiger partial charge in [-0.3, -0.25) is 28.9 Å². The molecule has 0 unspecified atom stereocenters. The van der Waals surface area contributed by atoms with E-state index in [0.29, 0.717) is 4.90 Å². The summed E-state index contributed by atoms with van der Waals surface area (Å²) in [7, 11) is 3.91. The SMILES string of the molecule is CC[C@H](C)[C@](C(=O)[C@](C)(O)C(=O)OC(C)(C)C)(C(=O)[C@](C(=O)[C@H](C)N(C)Cc1ccccc1)([C@@H](C)CC)N(C)C(=O)[C@@H](C)O)N(C)C(=O)[C@@H](C)O. The number of ether oxygens (including phenoxy) is 1. The summed E-state index contributed by atoms with van der Waals surface area (Å²) >= 11 is 0. The first kappa shape index (κ1) is 45.5. The Bertz CT molecular complexity index is 1420. The Morgan fingerprint density at radius 1 is 0.706 bits per heavy atom. The van der Waals surface area contributed by atoms with Gasteiger partial charge in [0.15, 0.2) is 22.6 Å². The molecule has 0 fully saturated rings. The number of aliphatic hydroxyl groups is 3. The van der Waals surface area contributed by atoms with Crippen molar-refractivity contribution in [3.05, 3.63) is 35.9 Å². The third-order valence-corrected chi connectivity index (χ3v) is 10.1. The minimum atomic E-state index is -3.08. The van der Waals surface area contributed by atoms with Gasteiger partial charge in [-0.1, -0.05) is 70.9 Å². The summed E-state index contributed by atoms with van der Waals surface area (Å²) in [6, 6.07) is 8.09. The smallest absolute Gasteiger partial charge is 0.346 e. The Morgan fingerprint density at radius 2 is 1.12 bits per heavy atom. The van der Waals surface area contributed by atoms with Crippen LogP contribution < -0.4 is 0 Å². The first-order valence-electron chi connectivity index (χ1n) is 17.5. The number of likely N-dealkylation sites (N-methyl/N-ethyl adjacent to an activating group) is 3. The fraction of sp³-hybridized carbons (Fsp3) is 0.684. The molecule has 0 spiro atoms. The summed E-state index contributed by atoms with van der Waals surface area (Å²) in [4.78, 5) is 90.9. The standard InChI is InChI=1S/C38H61N3O10/c1-15-23(3)37(40(13)30(45)26(6)42,29(44)25(5)39(12)22-28-20-18-17-19-21-28)33(48)38(24(4)16-2,41(14)31(46)27(7)43)32(47)36(11,50)34(49)51-35(8,9)10/h17-21,23-27,42-43,50H,15-16,22H2,1-14H3/t23-,24-,25-,26+,27+,36-,37+,38-/m0/s1. The molecule has 13 heteroatoms. The van der Waals surface area contributed by atoms with Crippen LogP contribution >= 0.6 is 0 Å². The van der Waals surface area contributed by atoms with Crippen LogP contribution in [0.3, 0.4) is 0 Å². The molecule has 13 nitrogen and oxygen atoms in total. The third kappa shape index (κ3) is 8.93. The van der Waals surface area contributed by atoms with Gasteiger partial charge >= 0.3 is 5.97 Å². The molecule has 1 aromatic carbocycles. The number of ketones is 3. The summed E-state index contributed by atoms with van der Waals surface area (Å²) in [5, 5.41) is 32.9. The highest BCUT2D eigenvalue weighted by molar-refractivity contribution is 6.30. The van der Waals surface area contributed by atoms with E-state index >= 15 is 14.4 Å². The minimum absolute atomic E-state index is 0.0123. The highest BCUT2D eigenvalue weighted by Crippen LogP contribution is 2.43. The van der Waals surface area contributed by atoms with Crippen molar-refractivity contribution in [3.63, 3.8) is 0 Å². The number of carbonyl (C=O) groups is 6. The Labute approximate surface area is 303 Å². The fourth-order valence-corrected chi connectivity index (χ4v) is 6.57. The fourth-order valence-electron chi connectivity index (χ4n) is 6.57. The monoisotopic (exact) mass is 719 g/mol. The van der Waals surface area contributed by atoms with Crippen molar-refractivity contribution in [1.29, 1.82) is 0 Å². The van der Waals surface area contributed by atoms with E-state index in [9.17, 15) is 29.7 Å². The molecule has 0 aliphatic carbocycles. The van der Waals surface area contributed by atoms with Crippen LogP contribution in [-0.4, -0.2) is 127 Å². The van der Waals surface area contributed by atoms with Gasteiger partial charge in [-0.05, 0) is 72.9 Å². The zero-order chi connectivity index (χ0) is 40.0. The van der Waals surface area contributed by atoms with E-state index in [1.807, 2.05) is 30.3 Å². The lowest BCUT2D eigenvalue weighted by Gasteiger charge is -2.54. The van der Waals surface area contributed by atoms with Crippen molar-refractivity contribution in [3.8, 4) is 0 Å². The maximum atomic E-state index is 16.1. The summed E-state index contributed by atoms with van der Waals surface area (Å²) in [5.41, 5.74) is -8.86. The van der Waals surface area contributed by atoms with Crippen LogP contribution in [0.5, 0.6) is 0 Å². The van der Waals surface area contributed by atoms with Crippen molar-refractivity contribution >= 4 is 35.1 Å². The van der Waals surface area contributed by atoms with Crippen molar-refractivity contribution in [2.45, 2.75) is 136 Å². The number of carbonyl (C=O) groups excluding carboxylic acids is 6. The zero-order valence-corrected chi connectivity index (χ0v) is 32.9.